The van der Waals surface area contributed by atoms with Crippen LogP contribution in [0.15, 0.2) is 30.3 Å². The predicted octanol–water partition coefficient (Wildman–Crippen LogP) is 0.588. The molecule has 2 rings (SSSR count). The molecule has 1 unspecified atom stereocenters. The van der Waals surface area contributed by atoms with Crippen LogP contribution in [0, 0.1) is 0 Å². The largest absolute Gasteiger partial charge is 0.480 e. The van der Waals surface area contributed by atoms with Crippen molar-refractivity contribution in [3.63, 3.8) is 0 Å². The molecular weight excluding hydrogens is 216 g/mol. The van der Waals surface area contributed by atoms with Gasteiger partial charge in [0.15, 0.2) is 0 Å². The van der Waals surface area contributed by atoms with Crippen molar-refractivity contribution in [2.45, 2.75) is 12.5 Å². The van der Waals surface area contributed by atoms with E-state index in [1.54, 1.807) is 0 Å². The second-order valence-electron chi connectivity index (χ2n) is 4.33. The van der Waals surface area contributed by atoms with Gasteiger partial charge in [-0.25, -0.2) is 0 Å². The number of hydrogen-bond donors (Lipinski definition) is 2. The van der Waals surface area contributed by atoms with E-state index < -0.39 is 5.97 Å². The summed E-state index contributed by atoms with van der Waals surface area (Å²) in [5, 5.41) is 12.2. The van der Waals surface area contributed by atoms with E-state index in [0.717, 1.165) is 26.1 Å². The van der Waals surface area contributed by atoms with Gasteiger partial charge in [-0.1, -0.05) is 30.3 Å². The highest BCUT2D eigenvalue weighted by Gasteiger charge is 2.27. The van der Waals surface area contributed by atoms with Crippen LogP contribution < -0.4 is 5.32 Å². The smallest absolute Gasteiger partial charge is 0.322 e. The average Bonchev–Trinajstić information content (AvgIpc) is 2.38. The minimum absolute atomic E-state index is 0.382. The zero-order valence-corrected chi connectivity index (χ0v) is 9.80. The monoisotopic (exact) mass is 234 g/mol. The van der Waals surface area contributed by atoms with Crippen LogP contribution in [0.4, 0.5) is 0 Å². The van der Waals surface area contributed by atoms with Crippen molar-refractivity contribution in [2.24, 2.45) is 0 Å². The Labute approximate surface area is 101 Å². The number of nitrogens with one attached hydrogen (secondary N) is 1. The van der Waals surface area contributed by atoms with Crippen LogP contribution in [-0.4, -0.2) is 48.2 Å². The normalized spacial score (nSPS) is 21.3. The lowest BCUT2D eigenvalue weighted by Crippen LogP contribution is -2.55. The SMILES string of the molecule is O=C(O)C1CNCCN1CCc1ccccc1. The highest BCUT2D eigenvalue weighted by Crippen LogP contribution is 2.07. The number of benzene rings is 1. The molecule has 0 saturated carbocycles. The second kappa shape index (κ2) is 5.80. The lowest BCUT2D eigenvalue weighted by molar-refractivity contribution is -0.143. The van der Waals surface area contributed by atoms with E-state index in [1.807, 2.05) is 23.1 Å². The number of aliphatic carboxylic acids is 1. The molecule has 2 N–H and O–H groups in total. The summed E-state index contributed by atoms with van der Waals surface area (Å²) in [6.45, 7) is 3.04. The van der Waals surface area contributed by atoms with Crippen molar-refractivity contribution in [3.8, 4) is 0 Å². The third-order valence-corrected chi connectivity index (χ3v) is 3.17. The third-order valence-electron chi connectivity index (χ3n) is 3.17. The van der Waals surface area contributed by atoms with Gasteiger partial charge < -0.3 is 10.4 Å². The van der Waals surface area contributed by atoms with Crippen LogP contribution in [-0.2, 0) is 11.2 Å². The fourth-order valence-electron chi connectivity index (χ4n) is 2.17. The molecule has 4 heteroatoms. The Morgan fingerprint density at radius 3 is 2.88 bits per heavy atom. The van der Waals surface area contributed by atoms with Gasteiger partial charge in [0.2, 0.25) is 0 Å². The number of nitrogens with zero attached hydrogens (tertiary/aromatic N) is 1. The number of carboxylic acids is 1. The van der Waals surface area contributed by atoms with Crippen molar-refractivity contribution < 1.29 is 9.90 Å². The molecule has 1 aromatic carbocycles. The molecule has 17 heavy (non-hydrogen) atoms. The molecule has 1 fully saturated rings. The van der Waals surface area contributed by atoms with Crippen LogP contribution >= 0.6 is 0 Å². The average molecular weight is 234 g/mol. The summed E-state index contributed by atoms with van der Waals surface area (Å²) in [5.74, 6) is -0.731. The molecule has 92 valence electrons. The first-order chi connectivity index (χ1) is 8.27. The maximum Gasteiger partial charge on any atom is 0.322 e. The number of hydrogen-bond acceptors (Lipinski definition) is 3. The fourth-order valence-corrected chi connectivity index (χ4v) is 2.17. The lowest BCUT2D eigenvalue weighted by Gasteiger charge is -2.33. The molecule has 1 heterocycles. The minimum atomic E-state index is -0.731. The molecule has 0 aliphatic carbocycles. The predicted molar refractivity (Wildman–Crippen MR) is 66.0 cm³/mol. The topological polar surface area (TPSA) is 52.6 Å². The van der Waals surface area contributed by atoms with E-state index in [9.17, 15) is 4.79 Å². The summed E-state index contributed by atoms with van der Waals surface area (Å²) in [6, 6.07) is 9.81. The van der Waals surface area contributed by atoms with Crippen LogP contribution in [0.3, 0.4) is 0 Å². The highest BCUT2D eigenvalue weighted by molar-refractivity contribution is 5.73. The van der Waals surface area contributed by atoms with Gasteiger partial charge in [-0.05, 0) is 12.0 Å². The summed E-state index contributed by atoms with van der Waals surface area (Å²) in [6.07, 6.45) is 0.907. The van der Waals surface area contributed by atoms with Crippen molar-refractivity contribution in [1.82, 2.24) is 10.2 Å². The summed E-state index contributed by atoms with van der Waals surface area (Å²) in [5.41, 5.74) is 1.26. The van der Waals surface area contributed by atoms with Crippen molar-refractivity contribution >= 4 is 5.97 Å². The van der Waals surface area contributed by atoms with Gasteiger partial charge in [0.25, 0.3) is 0 Å². The van der Waals surface area contributed by atoms with Gasteiger partial charge >= 0.3 is 5.97 Å². The second-order valence-corrected chi connectivity index (χ2v) is 4.33. The van der Waals surface area contributed by atoms with E-state index in [2.05, 4.69) is 17.4 Å². The zero-order valence-electron chi connectivity index (χ0n) is 9.80. The van der Waals surface area contributed by atoms with Crippen molar-refractivity contribution in [1.29, 1.82) is 0 Å². The molecule has 0 radical (unpaired) electrons. The third kappa shape index (κ3) is 3.28. The molecule has 1 saturated heterocycles. The van der Waals surface area contributed by atoms with E-state index in [1.165, 1.54) is 5.56 Å². The first-order valence-corrected chi connectivity index (χ1v) is 5.99. The Kier molecular flexibility index (Phi) is 4.12. The first kappa shape index (κ1) is 12.1. The molecule has 0 amide bonds. The molecule has 4 nitrogen and oxygen atoms in total. The number of piperazine rings is 1. The fraction of sp³-hybridized carbons (Fsp3) is 0.462. The Morgan fingerprint density at radius 1 is 1.41 bits per heavy atom. The van der Waals surface area contributed by atoms with Gasteiger partial charge in [-0.15, -0.1) is 0 Å². The van der Waals surface area contributed by atoms with Gasteiger partial charge in [-0.2, -0.15) is 0 Å². The van der Waals surface area contributed by atoms with Crippen molar-refractivity contribution in [2.75, 3.05) is 26.2 Å². The van der Waals surface area contributed by atoms with Crippen LogP contribution in [0.2, 0.25) is 0 Å². The quantitative estimate of drug-likeness (QED) is 0.800. The van der Waals surface area contributed by atoms with Crippen LogP contribution in [0.5, 0.6) is 0 Å². The summed E-state index contributed by atoms with van der Waals surface area (Å²) in [4.78, 5) is 13.1. The van der Waals surface area contributed by atoms with Gasteiger partial charge in [0.05, 0.1) is 0 Å². The van der Waals surface area contributed by atoms with Gasteiger partial charge in [0, 0.05) is 26.2 Å². The van der Waals surface area contributed by atoms with E-state index in [0.29, 0.717) is 6.54 Å². The Hall–Kier alpha value is -1.39. The molecule has 1 aliphatic rings. The first-order valence-electron chi connectivity index (χ1n) is 5.99. The zero-order chi connectivity index (χ0) is 12.1. The van der Waals surface area contributed by atoms with Gasteiger partial charge in [0.1, 0.15) is 6.04 Å². The summed E-state index contributed by atoms with van der Waals surface area (Å²) < 4.78 is 0. The molecule has 1 atom stereocenters. The molecule has 1 aliphatic heterocycles. The van der Waals surface area contributed by atoms with E-state index >= 15 is 0 Å². The minimum Gasteiger partial charge on any atom is -0.480 e. The van der Waals surface area contributed by atoms with Crippen molar-refractivity contribution in [3.05, 3.63) is 35.9 Å². The maximum absolute atomic E-state index is 11.1. The van der Waals surface area contributed by atoms with Crippen LogP contribution in [0.1, 0.15) is 5.56 Å². The lowest BCUT2D eigenvalue weighted by atomic mass is 10.1. The Bertz CT molecular complexity index is 367. The molecular formula is C13H18N2O2. The summed E-state index contributed by atoms with van der Waals surface area (Å²) in [7, 11) is 0. The number of carbonyl (C=O) groups is 1. The Morgan fingerprint density at radius 2 is 2.18 bits per heavy atom. The molecule has 0 aromatic heterocycles. The standard InChI is InChI=1S/C13H18N2O2/c16-13(17)12-10-14-7-9-15(12)8-6-11-4-2-1-3-5-11/h1-5,12,14H,6-10H2,(H,16,17). The number of carboxylic acid groups (broad SMARTS) is 1. The molecule has 1 aromatic rings. The Balaban J connectivity index is 1.90. The van der Waals surface area contributed by atoms with Gasteiger partial charge in [-0.3, -0.25) is 9.69 Å². The highest BCUT2D eigenvalue weighted by atomic mass is 16.4. The van der Waals surface area contributed by atoms with E-state index in [-0.39, 0.29) is 6.04 Å². The molecule has 0 bridgehead atoms. The maximum atomic E-state index is 11.1. The van der Waals surface area contributed by atoms with Crippen LogP contribution in [0.25, 0.3) is 0 Å². The van der Waals surface area contributed by atoms with E-state index in [4.69, 9.17) is 5.11 Å². The summed E-state index contributed by atoms with van der Waals surface area (Å²) >= 11 is 0. The number of rotatable bonds is 4. The molecule has 0 spiro atoms.